The third-order valence-electron chi connectivity index (χ3n) is 3.91. The standard InChI is InChI=1S/C17H20N4O2/c18-16(22)12-21-9-3-4-13(11-21)15-6-1-7-17(20-15)23-14-5-2-8-19-10-14/h1-2,5-8,10,13H,3-4,9,11-12H2,(H2,18,22)/t13-/m0/s1. The first-order valence-corrected chi connectivity index (χ1v) is 7.76. The fourth-order valence-electron chi connectivity index (χ4n) is 2.90. The maximum atomic E-state index is 11.1. The number of hydrogen-bond donors (Lipinski definition) is 1. The molecule has 1 fully saturated rings. The van der Waals surface area contributed by atoms with Crippen molar-refractivity contribution < 1.29 is 9.53 Å². The van der Waals surface area contributed by atoms with Crippen molar-refractivity contribution in [1.82, 2.24) is 14.9 Å². The number of rotatable bonds is 5. The van der Waals surface area contributed by atoms with E-state index in [2.05, 4.69) is 14.9 Å². The van der Waals surface area contributed by atoms with Gasteiger partial charge in [0.2, 0.25) is 11.8 Å². The molecule has 1 aliphatic rings. The van der Waals surface area contributed by atoms with Gasteiger partial charge < -0.3 is 10.5 Å². The molecule has 2 N–H and O–H groups in total. The molecule has 0 saturated carbocycles. The van der Waals surface area contributed by atoms with Crippen LogP contribution in [-0.2, 0) is 4.79 Å². The van der Waals surface area contributed by atoms with Crippen LogP contribution >= 0.6 is 0 Å². The SMILES string of the molecule is NC(=O)CN1CCC[C@H](c2cccc(Oc3cccnc3)n2)C1. The van der Waals surface area contributed by atoms with Gasteiger partial charge in [0.05, 0.1) is 12.7 Å². The van der Waals surface area contributed by atoms with Crippen LogP contribution in [0, 0.1) is 0 Å². The van der Waals surface area contributed by atoms with Crippen LogP contribution in [0.1, 0.15) is 24.5 Å². The molecule has 0 spiro atoms. The van der Waals surface area contributed by atoms with Gasteiger partial charge in [0.25, 0.3) is 0 Å². The first-order chi connectivity index (χ1) is 11.2. The zero-order valence-electron chi connectivity index (χ0n) is 12.9. The highest BCUT2D eigenvalue weighted by molar-refractivity contribution is 5.75. The quantitative estimate of drug-likeness (QED) is 0.912. The lowest BCUT2D eigenvalue weighted by atomic mass is 9.94. The van der Waals surface area contributed by atoms with Crippen LogP contribution in [0.15, 0.2) is 42.7 Å². The number of carbonyl (C=O) groups excluding carboxylic acids is 1. The number of likely N-dealkylation sites (tertiary alicyclic amines) is 1. The highest BCUT2D eigenvalue weighted by Gasteiger charge is 2.23. The van der Waals surface area contributed by atoms with E-state index in [0.717, 1.165) is 31.6 Å². The topological polar surface area (TPSA) is 81.3 Å². The molecule has 6 nitrogen and oxygen atoms in total. The fourth-order valence-corrected chi connectivity index (χ4v) is 2.90. The van der Waals surface area contributed by atoms with Crippen molar-refractivity contribution in [3.63, 3.8) is 0 Å². The first kappa shape index (κ1) is 15.4. The summed E-state index contributed by atoms with van der Waals surface area (Å²) < 4.78 is 5.74. The second-order valence-electron chi connectivity index (χ2n) is 5.73. The Hall–Kier alpha value is -2.47. The number of nitrogens with zero attached hydrogens (tertiary/aromatic N) is 3. The van der Waals surface area contributed by atoms with Gasteiger partial charge in [-0.25, -0.2) is 4.98 Å². The minimum atomic E-state index is -0.285. The number of pyridine rings is 2. The molecule has 0 unspecified atom stereocenters. The number of piperidine rings is 1. The zero-order valence-corrected chi connectivity index (χ0v) is 12.9. The van der Waals surface area contributed by atoms with E-state index >= 15 is 0 Å². The van der Waals surface area contributed by atoms with E-state index in [9.17, 15) is 4.79 Å². The molecule has 1 saturated heterocycles. The Morgan fingerprint density at radius 1 is 1.35 bits per heavy atom. The average Bonchev–Trinajstić information content (AvgIpc) is 2.56. The van der Waals surface area contributed by atoms with Crippen LogP contribution in [0.4, 0.5) is 0 Å². The Kier molecular flexibility index (Phi) is 4.83. The van der Waals surface area contributed by atoms with Crippen LogP contribution in [0.2, 0.25) is 0 Å². The van der Waals surface area contributed by atoms with E-state index in [1.54, 1.807) is 12.4 Å². The third kappa shape index (κ3) is 4.26. The van der Waals surface area contributed by atoms with Crippen molar-refractivity contribution in [2.24, 2.45) is 5.73 Å². The average molecular weight is 312 g/mol. The maximum absolute atomic E-state index is 11.1. The summed E-state index contributed by atoms with van der Waals surface area (Å²) in [4.78, 5) is 21.8. The fraction of sp³-hybridized carbons (Fsp3) is 0.353. The van der Waals surface area contributed by atoms with E-state index in [1.165, 1.54) is 0 Å². The Balaban J connectivity index is 1.70. The third-order valence-corrected chi connectivity index (χ3v) is 3.91. The Labute approximate surface area is 135 Å². The predicted octanol–water partition coefficient (Wildman–Crippen LogP) is 1.93. The highest BCUT2D eigenvalue weighted by atomic mass is 16.5. The number of carbonyl (C=O) groups is 1. The molecular formula is C17H20N4O2. The summed E-state index contributed by atoms with van der Waals surface area (Å²) in [6, 6.07) is 9.45. The normalized spacial score (nSPS) is 18.5. The molecule has 3 rings (SSSR count). The van der Waals surface area contributed by atoms with Crippen molar-refractivity contribution in [3.05, 3.63) is 48.4 Å². The Morgan fingerprint density at radius 2 is 2.26 bits per heavy atom. The lowest BCUT2D eigenvalue weighted by molar-refractivity contribution is -0.119. The van der Waals surface area contributed by atoms with E-state index in [1.807, 2.05) is 30.3 Å². The summed E-state index contributed by atoms with van der Waals surface area (Å²) in [6.07, 6.45) is 5.45. The molecule has 0 aromatic carbocycles. The first-order valence-electron chi connectivity index (χ1n) is 7.76. The molecule has 1 amide bonds. The molecule has 2 aromatic rings. The van der Waals surface area contributed by atoms with Crippen LogP contribution in [0.5, 0.6) is 11.6 Å². The van der Waals surface area contributed by atoms with Gasteiger partial charge in [-0.1, -0.05) is 6.07 Å². The number of aromatic nitrogens is 2. The summed E-state index contributed by atoms with van der Waals surface area (Å²) in [7, 11) is 0. The molecule has 0 bridgehead atoms. The smallest absolute Gasteiger partial charge is 0.231 e. The van der Waals surface area contributed by atoms with Gasteiger partial charge in [0, 0.05) is 30.4 Å². The van der Waals surface area contributed by atoms with Crippen LogP contribution in [-0.4, -0.2) is 40.4 Å². The Morgan fingerprint density at radius 3 is 3.04 bits per heavy atom. The number of nitrogens with two attached hydrogens (primary N) is 1. The maximum Gasteiger partial charge on any atom is 0.231 e. The lowest BCUT2D eigenvalue weighted by Crippen LogP contribution is -2.40. The molecule has 3 heterocycles. The van der Waals surface area contributed by atoms with Crippen molar-refractivity contribution >= 4 is 5.91 Å². The van der Waals surface area contributed by atoms with E-state index in [4.69, 9.17) is 10.5 Å². The van der Waals surface area contributed by atoms with Gasteiger partial charge in [-0.15, -0.1) is 0 Å². The minimum absolute atomic E-state index is 0.285. The van der Waals surface area contributed by atoms with E-state index < -0.39 is 0 Å². The molecule has 1 atom stereocenters. The van der Waals surface area contributed by atoms with E-state index in [0.29, 0.717) is 24.1 Å². The molecule has 23 heavy (non-hydrogen) atoms. The number of hydrogen-bond acceptors (Lipinski definition) is 5. The zero-order chi connectivity index (χ0) is 16.1. The highest BCUT2D eigenvalue weighted by Crippen LogP contribution is 2.27. The molecule has 120 valence electrons. The number of ether oxygens (including phenoxy) is 1. The molecule has 6 heteroatoms. The van der Waals surface area contributed by atoms with Gasteiger partial charge in [-0.3, -0.25) is 14.7 Å². The second kappa shape index (κ2) is 7.19. The second-order valence-corrected chi connectivity index (χ2v) is 5.73. The monoisotopic (exact) mass is 312 g/mol. The molecule has 0 aliphatic carbocycles. The van der Waals surface area contributed by atoms with Crippen LogP contribution in [0.25, 0.3) is 0 Å². The van der Waals surface area contributed by atoms with Gasteiger partial charge in [-0.05, 0) is 37.6 Å². The van der Waals surface area contributed by atoms with Crippen LogP contribution < -0.4 is 10.5 Å². The molecule has 2 aromatic heterocycles. The van der Waals surface area contributed by atoms with Crippen molar-refractivity contribution in [2.75, 3.05) is 19.6 Å². The summed E-state index contributed by atoms with van der Waals surface area (Å²) in [5.74, 6) is 1.23. The lowest BCUT2D eigenvalue weighted by Gasteiger charge is -2.31. The minimum Gasteiger partial charge on any atom is -0.437 e. The molecular weight excluding hydrogens is 292 g/mol. The van der Waals surface area contributed by atoms with Crippen molar-refractivity contribution in [2.45, 2.75) is 18.8 Å². The van der Waals surface area contributed by atoms with Gasteiger partial charge in [0.15, 0.2) is 0 Å². The summed E-state index contributed by atoms with van der Waals surface area (Å²) in [5, 5.41) is 0. The van der Waals surface area contributed by atoms with Gasteiger partial charge >= 0.3 is 0 Å². The number of primary amides is 1. The Bertz CT molecular complexity index is 663. The summed E-state index contributed by atoms with van der Waals surface area (Å²) in [6.45, 7) is 2.01. The van der Waals surface area contributed by atoms with Gasteiger partial charge in [-0.2, -0.15) is 0 Å². The summed E-state index contributed by atoms with van der Waals surface area (Å²) in [5.41, 5.74) is 6.28. The van der Waals surface area contributed by atoms with E-state index in [-0.39, 0.29) is 5.91 Å². The van der Waals surface area contributed by atoms with Crippen molar-refractivity contribution in [1.29, 1.82) is 0 Å². The predicted molar refractivity (Wildman–Crippen MR) is 86.2 cm³/mol. The number of amides is 1. The van der Waals surface area contributed by atoms with Crippen molar-refractivity contribution in [3.8, 4) is 11.6 Å². The van der Waals surface area contributed by atoms with Crippen LogP contribution in [0.3, 0.4) is 0 Å². The molecule has 1 aliphatic heterocycles. The molecule has 0 radical (unpaired) electrons. The largest absolute Gasteiger partial charge is 0.437 e. The van der Waals surface area contributed by atoms with Gasteiger partial charge in [0.1, 0.15) is 5.75 Å². The summed E-state index contributed by atoms with van der Waals surface area (Å²) >= 11 is 0.